The Morgan fingerprint density at radius 1 is 1.10 bits per heavy atom. The molecule has 0 spiro atoms. The topological polar surface area (TPSA) is 49.4 Å². The van der Waals surface area contributed by atoms with E-state index in [0.717, 1.165) is 24.0 Å². The molecular weight excluding hydrogens is 379 g/mol. The molecule has 1 N–H and O–H groups in total. The number of piperidine rings is 1. The van der Waals surface area contributed by atoms with Crippen LogP contribution in [0.25, 0.3) is 0 Å². The van der Waals surface area contributed by atoms with E-state index in [0.29, 0.717) is 13.1 Å². The van der Waals surface area contributed by atoms with E-state index in [1.165, 1.54) is 12.1 Å². The summed E-state index contributed by atoms with van der Waals surface area (Å²) in [6, 6.07) is 15.9. The number of halogens is 1. The molecule has 1 fully saturated rings. The first-order valence-electron chi connectivity index (χ1n) is 10.6. The summed E-state index contributed by atoms with van der Waals surface area (Å²) in [6.45, 7) is 7.43. The number of hydrogen-bond donors (Lipinski definition) is 1. The average molecular weight is 411 g/mol. The summed E-state index contributed by atoms with van der Waals surface area (Å²) in [5, 5.41) is 3.24. The summed E-state index contributed by atoms with van der Waals surface area (Å²) in [7, 11) is 0. The van der Waals surface area contributed by atoms with Gasteiger partial charge in [-0.2, -0.15) is 0 Å². The highest BCUT2D eigenvalue weighted by molar-refractivity contribution is 5.82. The van der Waals surface area contributed by atoms with Gasteiger partial charge in [-0.25, -0.2) is 4.39 Å². The summed E-state index contributed by atoms with van der Waals surface area (Å²) in [5.41, 5.74) is 1.73. The third-order valence-corrected chi connectivity index (χ3v) is 5.70. The number of hydrogen-bond acceptors (Lipinski definition) is 2. The van der Waals surface area contributed by atoms with Gasteiger partial charge in [-0.05, 0) is 41.5 Å². The van der Waals surface area contributed by atoms with Crippen LogP contribution >= 0.6 is 0 Å². The van der Waals surface area contributed by atoms with Gasteiger partial charge >= 0.3 is 0 Å². The van der Waals surface area contributed by atoms with Gasteiger partial charge in [-0.15, -0.1) is 0 Å². The molecule has 30 heavy (non-hydrogen) atoms. The monoisotopic (exact) mass is 410 g/mol. The SMILES string of the molecule is CC(C)(C)C(NC(=O)C1CCCN(C(=O)Cc2ccc(F)cc2)C1)c1ccccc1. The summed E-state index contributed by atoms with van der Waals surface area (Å²) in [4.78, 5) is 27.6. The van der Waals surface area contributed by atoms with Gasteiger partial charge in [0.2, 0.25) is 11.8 Å². The highest BCUT2D eigenvalue weighted by Crippen LogP contribution is 2.33. The van der Waals surface area contributed by atoms with E-state index < -0.39 is 0 Å². The van der Waals surface area contributed by atoms with E-state index in [4.69, 9.17) is 0 Å². The smallest absolute Gasteiger partial charge is 0.227 e. The maximum Gasteiger partial charge on any atom is 0.227 e. The molecule has 0 saturated carbocycles. The number of carbonyl (C=O) groups is 2. The zero-order chi connectivity index (χ0) is 21.7. The fourth-order valence-electron chi connectivity index (χ4n) is 4.01. The Bertz CT molecular complexity index is 859. The zero-order valence-electron chi connectivity index (χ0n) is 18.0. The minimum atomic E-state index is -0.312. The third-order valence-electron chi connectivity index (χ3n) is 5.70. The second-order valence-electron chi connectivity index (χ2n) is 9.20. The van der Waals surface area contributed by atoms with Crippen molar-refractivity contribution < 1.29 is 14.0 Å². The van der Waals surface area contributed by atoms with E-state index >= 15 is 0 Å². The van der Waals surface area contributed by atoms with Crippen molar-refractivity contribution in [2.45, 2.75) is 46.1 Å². The van der Waals surface area contributed by atoms with Crippen molar-refractivity contribution in [3.8, 4) is 0 Å². The van der Waals surface area contributed by atoms with Gasteiger partial charge in [0, 0.05) is 13.1 Å². The molecule has 2 amide bonds. The van der Waals surface area contributed by atoms with E-state index in [1.54, 1.807) is 17.0 Å². The van der Waals surface area contributed by atoms with E-state index in [2.05, 4.69) is 26.1 Å². The Hall–Kier alpha value is -2.69. The Kier molecular flexibility index (Phi) is 6.91. The number of carbonyl (C=O) groups excluding carboxylic acids is 2. The standard InChI is InChI=1S/C25H31FN2O2/c1-25(2,3)23(19-8-5-4-6-9-19)27-24(30)20-10-7-15-28(17-20)22(29)16-18-11-13-21(26)14-12-18/h4-6,8-9,11-14,20,23H,7,10,15-17H2,1-3H3,(H,27,30). The Morgan fingerprint density at radius 3 is 2.40 bits per heavy atom. The molecule has 1 saturated heterocycles. The van der Waals surface area contributed by atoms with Gasteiger partial charge in [0.25, 0.3) is 0 Å². The van der Waals surface area contributed by atoms with Gasteiger partial charge in [-0.1, -0.05) is 63.2 Å². The molecule has 1 aliphatic rings. The fourth-order valence-corrected chi connectivity index (χ4v) is 4.01. The molecular formula is C25H31FN2O2. The minimum Gasteiger partial charge on any atom is -0.348 e. The quantitative estimate of drug-likeness (QED) is 0.788. The molecule has 160 valence electrons. The number of rotatable bonds is 5. The van der Waals surface area contributed by atoms with Gasteiger partial charge < -0.3 is 10.2 Å². The normalized spacial score (nSPS) is 18.0. The first-order valence-corrected chi connectivity index (χ1v) is 10.6. The molecule has 0 radical (unpaired) electrons. The summed E-state index contributed by atoms with van der Waals surface area (Å²) in [5.74, 6) is -0.551. The van der Waals surface area contributed by atoms with Gasteiger partial charge in [0.1, 0.15) is 5.82 Å². The van der Waals surface area contributed by atoms with Crippen LogP contribution in [0.3, 0.4) is 0 Å². The lowest BCUT2D eigenvalue weighted by Gasteiger charge is -2.36. The Labute approximate surface area is 178 Å². The van der Waals surface area contributed by atoms with Crippen LogP contribution in [0.4, 0.5) is 4.39 Å². The van der Waals surface area contributed by atoms with Crippen molar-refractivity contribution >= 4 is 11.8 Å². The fraction of sp³-hybridized carbons (Fsp3) is 0.440. The lowest BCUT2D eigenvalue weighted by molar-refractivity contribution is -0.135. The molecule has 5 heteroatoms. The maximum absolute atomic E-state index is 13.1. The molecule has 3 rings (SSSR count). The third kappa shape index (κ3) is 5.68. The Balaban J connectivity index is 1.64. The van der Waals surface area contributed by atoms with E-state index in [1.807, 2.05) is 30.3 Å². The molecule has 0 bridgehead atoms. The van der Waals surface area contributed by atoms with Crippen molar-refractivity contribution in [3.63, 3.8) is 0 Å². The number of benzene rings is 2. The zero-order valence-corrected chi connectivity index (χ0v) is 18.0. The van der Waals surface area contributed by atoms with Crippen molar-refractivity contribution in [2.75, 3.05) is 13.1 Å². The summed E-state index contributed by atoms with van der Waals surface area (Å²) >= 11 is 0. The van der Waals surface area contributed by atoms with Crippen molar-refractivity contribution in [3.05, 3.63) is 71.5 Å². The van der Waals surface area contributed by atoms with Gasteiger partial charge in [0.05, 0.1) is 18.4 Å². The number of amides is 2. The van der Waals surface area contributed by atoms with Crippen LogP contribution in [-0.4, -0.2) is 29.8 Å². The van der Waals surface area contributed by atoms with Gasteiger partial charge in [-0.3, -0.25) is 9.59 Å². The summed E-state index contributed by atoms with van der Waals surface area (Å²) in [6.07, 6.45) is 1.81. The van der Waals surface area contributed by atoms with Crippen LogP contribution in [0.2, 0.25) is 0 Å². The predicted molar refractivity (Wildman–Crippen MR) is 116 cm³/mol. The molecule has 1 heterocycles. The van der Waals surface area contributed by atoms with Crippen LogP contribution in [0.5, 0.6) is 0 Å². The molecule has 1 aliphatic heterocycles. The van der Waals surface area contributed by atoms with E-state index in [-0.39, 0.29) is 41.4 Å². The predicted octanol–water partition coefficient (Wildman–Crippen LogP) is 4.51. The van der Waals surface area contributed by atoms with Crippen LogP contribution in [0.15, 0.2) is 54.6 Å². The molecule has 4 nitrogen and oxygen atoms in total. The van der Waals surface area contributed by atoms with Crippen LogP contribution in [0.1, 0.15) is 50.8 Å². The Morgan fingerprint density at radius 2 is 1.77 bits per heavy atom. The molecule has 2 aromatic rings. The van der Waals surface area contributed by atoms with Gasteiger partial charge in [0.15, 0.2) is 0 Å². The first-order chi connectivity index (χ1) is 14.2. The number of nitrogens with one attached hydrogen (secondary N) is 1. The van der Waals surface area contributed by atoms with Crippen molar-refractivity contribution in [1.29, 1.82) is 0 Å². The highest BCUT2D eigenvalue weighted by Gasteiger charge is 2.33. The molecule has 2 atom stereocenters. The summed E-state index contributed by atoms with van der Waals surface area (Å²) < 4.78 is 13.1. The molecule has 2 unspecified atom stereocenters. The van der Waals surface area contributed by atoms with Crippen LogP contribution in [0, 0.1) is 17.2 Å². The molecule has 0 aliphatic carbocycles. The average Bonchev–Trinajstić information content (AvgIpc) is 2.73. The number of likely N-dealkylation sites (tertiary alicyclic amines) is 1. The lowest BCUT2D eigenvalue weighted by atomic mass is 9.82. The molecule has 2 aromatic carbocycles. The molecule has 0 aromatic heterocycles. The first kappa shape index (κ1) is 22.0. The van der Waals surface area contributed by atoms with Crippen molar-refractivity contribution in [1.82, 2.24) is 10.2 Å². The largest absolute Gasteiger partial charge is 0.348 e. The second kappa shape index (κ2) is 9.41. The highest BCUT2D eigenvalue weighted by atomic mass is 19.1. The maximum atomic E-state index is 13.1. The van der Waals surface area contributed by atoms with Crippen LogP contribution < -0.4 is 5.32 Å². The second-order valence-corrected chi connectivity index (χ2v) is 9.20. The van der Waals surface area contributed by atoms with Crippen LogP contribution in [-0.2, 0) is 16.0 Å². The minimum absolute atomic E-state index is 0.00180. The number of nitrogens with zero attached hydrogens (tertiary/aromatic N) is 1. The lowest BCUT2D eigenvalue weighted by Crippen LogP contribution is -2.47. The van der Waals surface area contributed by atoms with E-state index in [9.17, 15) is 14.0 Å². The van der Waals surface area contributed by atoms with Crippen molar-refractivity contribution in [2.24, 2.45) is 11.3 Å².